The van der Waals surface area contributed by atoms with E-state index in [4.69, 9.17) is 24.0 Å². The third-order valence-corrected chi connectivity index (χ3v) is 8.71. The van der Waals surface area contributed by atoms with E-state index in [0.29, 0.717) is 24.4 Å². The molecule has 2 bridgehead atoms. The molecule has 1 spiro atoms. The van der Waals surface area contributed by atoms with Gasteiger partial charge in [0.25, 0.3) is 0 Å². The van der Waals surface area contributed by atoms with Crippen LogP contribution in [0.3, 0.4) is 0 Å². The molecule has 0 amide bonds. The van der Waals surface area contributed by atoms with Gasteiger partial charge in [-0.2, -0.15) is 0 Å². The standard InChI is InChI=1S/C24H42N2O5/c1-17-7-8-20-18(2)21(27-16-12-25-11-15-26-13-5-4-6-14-26)28-22-24(20)19(17)9-10-23(3,29-22)30-31-24/h17-22,25H,4-16H2,1-3H3/t17-,18-,19?,20?,21+,22?,23?,24-/m1/s1. The summed E-state index contributed by atoms with van der Waals surface area (Å²) in [7, 11) is 0. The molecule has 0 aromatic heterocycles. The highest BCUT2D eigenvalue weighted by Gasteiger charge is 2.69. The average Bonchev–Trinajstić information content (AvgIpc) is 3.00. The Kier molecular flexibility index (Phi) is 6.65. The molecule has 1 saturated carbocycles. The summed E-state index contributed by atoms with van der Waals surface area (Å²) in [5.74, 6) is 0.837. The van der Waals surface area contributed by atoms with Crippen LogP contribution in [0.2, 0.25) is 0 Å². The topological polar surface area (TPSA) is 61.4 Å². The fraction of sp³-hybridized carbons (Fsp3) is 1.00. The summed E-state index contributed by atoms with van der Waals surface area (Å²) in [5.41, 5.74) is -0.500. The Morgan fingerprint density at radius 1 is 1.00 bits per heavy atom. The molecule has 0 aromatic rings. The van der Waals surface area contributed by atoms with Crippen molar-refractivity contribution in [3.05, 3.63) is 0 Å². The van der Waals surface area contributed by atoms with Gasteiger partial charge >= 0.3 is 0 Å². The second-order valence-electron chi connectivity index (χ2n) is 10.8. The van der Waals surface area contributed by atoms with E-state index in [1.54, 1.807) is 0 Å². The van der Waals surface area contributed by atoms with Gasteiger partial charge < -0.3 is 24.4 Å². The lowest BCUT2D eigenvalue weighted by atomic mass is 9.58. The zero-order valence-electron chi connectivity index (χ0n) is 19.6. The SMILES string of the molecule is C[C@@H]1CCC2[C@@H](C)[C@@H](OCCNCCN3CCCCC3)OC3OC4(C)CCC1[C@]32OO4. The summed E-state index contributed by atoms with van der Waals surface area (Å²) >= 11 is 0. The Balaban J connectivity index is 1.16. The summed E-state index contributed by atoms with van der Waals surface area (Å²) in [5, 5.41) is 3.54. The Morgan fingerprint density at radius 3 is 2.68 bits per heavy atom. The smallest absolute Gasteiger partial charge is 0.201 e. The maximum atomic E-state index is 6.47. The lowest BCUT2D eigenvalue weighted by Gasteiger charge is -2.60. The quantitative estimate of drug-likeness (QED) is 0.483. The first-order chi connectivity index (χ1) is 15.0. The highest BCUT2D eigenvalue weighted by molar-refractivity contribution is 5.09. The molecule has 0 aromatic carbocycles. The van der Waals surface area contributed by atoms with Crippen LogP contribution < -0.4 is 5.32 Å². The molecule has 1 N–H and O–H groups in total. The molecule has 8 atom stereocenters. The van der Waals surface area contributed by atoms with Crippen LogP contribution in [0.1, 0.15) is 65.7 Å². The summed E-state index contributed by atoms with van der Waals surface area (Å²) < 4.78 is 19.1. The van der Waals surface area contributed by atoms with E-state index in [2.05, 4.69) is 24.1 Å². The van der Waals surface area contributed by atoms with Crippen LogP contribution in [0.4, 0.5) is 0 Å². The van der Waals surface area contributed by atoms with Crippen molar-refractivity contribution in [2.45, 2.75) is 89.7 Å². The van der Waals surface area contributed by atoms with Gasteiger partial charge in [0.1, 0.15) is 0 Å². The maximum absolute atomic E-state index is 6.47. The Morgan fingerprint density at radius 2 is 1.84 bits per heavy atom. The van der Waals surface area contributed by atoms with Gasteiger partial charge in [0.2, 0.25) is 5.79 Å². The molecule has 6 fully saturated rings. The predicted octanol–water partition coefficient (Wildman–Crippen LogP) is 3.29. The highest BCUT2D eigenvalue weighted by atomic mass is 17.3. The van der Waals surface area contributed by atoms with Crippen molar-refractivity contribution in [1.82, 2.24) is 10.2 Å². The monoisotopic (exact) mass is 438 g/mol. The van der Waals surface area contributed by atoms with Crippen LogP contribution in [0.15, 0.2) is 0 Å². The average molecular weight is 439 g/mol. The fourth-order valence-electron chi connectivity index (χ4n) is 6.86. The van der Waals surface area contributed by atoms with Crippen molar-refractivity contribution in [3.8, 4) is 0 Å². The van der Waals surface area contributed by atoms with Crippen LogP contribution in [-0.2, 0) is 24.0 Å². The van der Waals surface area contributed by atoms with Gasteiger partial charge in [-0.05, 0) is 64.0 Å². The molecule has 5 heterocycles. The van der Waals surface area contributed by atoms with Crippen LogP contribution in [0, 0.1) is 23.7 Å². The molecule has 7 heteroatoms. The van der Waals surface area contributed by atoms with Gasteiger partial charge in [0.15, 0.2) is 18.2 Å². The summed E-state index contributed by atoms with van der Waals surface area (Å²) in [6, 6.07) is 0. The van der Waals surface area contributed by atoms with Crippen molar-refractivity contribution < 1.29 is 24.0 Å². The molecule has 6 rings (SSSR count). The number of ether oxygens (including phenoxy) is 3. The highest BCUT2D eigenvalue weighted by Crippen LogP contribution is 2.60. The third-order valence-electron chi connectivity index (χ3n) is 8.71. The molecular formula is C24H42N2O5. The minimum absolute atomic E-state index is 0.245. The minimum atomic E-state index is -0.724. The normalized spacial score (nSPS) is 47.7. The number of rotatable bonds is 7. The molecule has 4 unspecified atom stereocenters. The maximum Gasteiger partial charge on any atom is 0.201 e. The van der Waals surface area contributed by atoms with Crippen molar-refractivity contribution in [2.24, 2.45) is 23.7 Å². The molecule has 5 aliphatic heterocycles. The van der Waals surface area contributed by atoms with Crippen LogP contribution in [0.5, 0.6) is 0 Å². The number of nitrogens with zero attached hydrogens (tertiary/aromatic N) is 1. The van der Waals surface area contributed by atoms with Gasteiger partial charge in [0.05, 0.1) is 6.61 Å². The molecule has 1 aliphatic carbocycles. The van der Waals surface area contributed by atoms with Gasteiger partial charge in [-0.15, -0.1) is 0 Å². The van der Waals surface area contributed by atoms with Gasteiger partial charge in [0, 0.05) is 37.9 Å². The Hall–Kier alpha value is -0.280. The summed E-state index contributed by atoms with van der Waals surface area (Å²) in [6.45, 7) is 12.7. The first kappa shape index (κ1) is 22.5. The molecule has 178 valence electrons. The second-order valence-corrected chi connectivity index (χ2v) is 10.8. The number of likely N-dealkylation sites (tertiary alicyclic amines) is 1. The number of hydrogen-bond donors (Lipinski definition) is 1. The largest absolute Gasteiger partial charge is 0.351 e. The first-order valence-corrected chi connectivity index (χ1v) is 12.8. The molecular weight excluding hydrogens is 396 g/mol. The van der Waals surface area contributed by atoms with E-state index >= 15 is 0 Å². The van der Waals surface area contributed by atoms with Gasteiger partial charge in [-0.25, -0.2) is 9.78 Å². The molecule has 31 heavy (non-hydrogen) atoms. The summed E-state index contributed by atoms with van der Waals surface area (Å²) in [6.07, 6.45) is 7.64. The predicted molar refractivity (Wildman–Crippen MR) is 116 cm³/mol. The second kappa shape index (κ2) is 9.16. The van der Waals surface area contributed by atoms with Crippen LogP contribution in [-0.4, -0.2) is 68.2 Å². The first-order valence-electron chi connectivity index (χ1n) is 12.8. The Bertz CT molecular complexity index is 617. The lowest BCUT2D eigenvalue weighted by Crippen LogP contribution is -2.70. The van der Waals surface area contributed by atoms with Gasteiger partial charge in [-0.3, -0.25) is 0 Å². The van der Waals surface area contributed by atoms with Crippen LogP contribution >= 0.6 is 0 Å². The van der Waals surface area contributed by atoms with E-state index in [-0.39, 0.29) is 12.2 Å². The summed E-state index contributed by atoms with van der Waals surface area (Å²) in [4.78, 5) is 14.6. The molecule has 6 aliphatic rings. The zero-order chi connectivity index (χ0) is 21.5. The number of hydrogen-bond acceptors (Lipinski definition) is 7. The zero-order valence-corrected chi connectivity index (χ0v) is 19.6. The van der Waals surface area contributed by atoms with E-state index < -0.39 is 17.7 Å². The van der Waals surface area contributed by atoms with Crippen molar-refractivity contribution in [2.75, 3.05) is 39.3 Å². The number of fused-ring (bicyclic) bond motifs is 2. The van der Waals surface area contributed by atoms with Crippen molar-refractivity contribution >= 4 is 0 Å². The van der Waals surface area contributed by atoms with Crippen LogP contribution in [0.25, 0.3) is 0 Å². The van der Waals surface area contributed by atoms with Gasteiger partial charge in [-0.1, -0.05) is 20.3 Å². The van der Waals surface area contributed by atoms with E-state index in [1.165, 1.54) is 38.8 Å². The molecule has 7 nitrogen and oxygen atoms in total. The minimum Gasteiger partial charge on any atom is -0.351 e. The third kappa shape index (κ3) is 4.20. The number of nitrogens with one attached hydrogen (secondary N) is 1. The van der Waals surface area contributed by atoms with E-state index in [0.717, 1.165) is 38.9 Å². The molecule has 0 radical (unpaired) electrons. The lowest BCUT2D eigenvalue weighted by molar-refractivity contribution is -0.577. The van der Waals surface area contributed by atoms with Crippen molar-refractivity contribution in [3.63, 3.8) is 0 Å². The Labute approximate surface area is 187 Å². The molecule has 5 saturated heterocycles. The number of piperidine rings is 1. The fourth-order valence-corrected chi connectivity index (χ4v) is 6.86. The van der Waals surface area contributed by atoms with E-state index in [1.807, 2.05) is 6.92 Å². The van der Waals surface area contributed by atoms with E-state index in [9.17, 15) is 0 Å². The van der Waals surface area contributed by atoms with Crippen molar-refractivity contribution in [1.29, 1.82) is 0 Å².